The maximum atomic E-state index is 9.24. The van der Waals surface area contributed by atoms with E-state index in [4.69, 9.17) is 14.0 Å². The summed E-state index contributed by atoms with van der Waals surface area (Å²) in [5, 5.41) is 0. The van der Waals surface area contributed by atoms with E-state index in [2.05, 4.69) is 4.31 Å². The summed E-state index contributed by atoms with van der Waals surface area (Å²) in [6.45, 7) is 0. The van der Waals surface area contributed by atoms with Crippen molar-refractivity contribution in [2.24, 2.45) is 0 Å². The van der Waals surface area contributed by atoms with Crippen molar-refractivity contribution in [3.63, 3.8) is 0 Å². The molecule has 0 aromatic carbocycles. The minimum Gasteiger partial charge on any atom is -0.412 e. The standard InChI is InChI=1S/O5P2.HO3P.2H2O/c1-6(2)5-7(3)4;1-4(2)3;;/h;(H,1,2,3);2*1H2. The predicted molar refractivity (Wildman–Crippen MR) is 35.4 cm³/mol. The SMILES string of the molecule is O.O.O=P(=O)O.O=P(=O)OP(=O)=O. The summed E-state index contributed by atoms with van der Waals surface area (Å²) >= 11 is 0. The molecule has 0 rings (SSSR count). The van der Waals surface area contributed by atoms with E-state index in [0.717, 1.165) is 0 Å². The molecule has 0 aliphatic carbocycles. The summed E-state index contributed by atoms with van der Waals surface area (Å²) in [6.07, 6.45) is 0. The first-order valence-corrected chi connectivity index (χ1v) is 4.98. The van der Waals surface area contributed by atoms with Crippen molar-refractivity contribution in [1.29, 1.82) is 0 Å². The molecule has 13 heteroatoms. The van der Waals surface area contributed by atoms with Gasteiger partial charge in [0.15, 0.2) is 0 Å². The van der Waals surface area contributed by atoms with E-state index in [1.807, 2.05) is 0 Å². The number of hydrogen-bond donors (Lipinski definition) is 1. The molecule has 0 bridgehead atoms. The zero-order valence-corrected chi connectivity index (χ0v) is 8.33. The summed E-state index contributed by atoms with van der Waals surface area (Å²) < 4.78 is 57.3. The first-order chi connectivity index (χ1) is 4.86. The molecule has 0 amide bonds. The second-order valence-electron chi connectivity index (χ2n) is 0.767. The Kier molecular flexibility index (Phi) is 24.8. The van der Waals surface area contributed by atoms with Gasteiger partial charge < -0.3 is 11.0 Å². The average Bonchev–Trinajstić information content (AvgIpc) is 1.56. The molecule has 0 aliphatic rings. The van der Waals surface area contributed by atoms with Crippen LogP contribution in [0.3, 0.4) is 0 Å². The fourth-order valence-electron chi connectivity index (χ4n) is 0.0544. The fourth-order valence-corrected chi connectivity index (χ4v) is 0.490. The van der Waals surface area contributed by atoms with Crippen LogP contribution in [0.5, 0.6) is 0 Å². The Bertz CT molecular complexity index is 243. The average molecular weight is 258 g/mol. The quantitative estimate of drug-likeness (QED) is 0.644. The van der Waals surface area contributed by atoms with Gasteiger partial charge in [-0.05, 0) is 0 Å². The van der Waals surface area contributed by atoms with Gasteiger partial charge in [-0.2, -0.15) is 4.31 Å². The van der Waals surface area contributed by atoms with Gasteiger partial charge in [0.25, 0.3) is 0 Å². The molecule has 0 unspecified atom stereocenters. The Morgan fingerprint density at radius 2 is 0.923 bits per heavy atom. The van der Waals surface area contributed by atoms with E-state index in [0.29, 0.717) is 0 Å². The smallest absolute Gasteiger partial charge is 0.412 e. The third-order valence-electron chi connectivity index (χ3n) is 0.133. The molecule has 0 fully saturated rings. The topological polar surface area (TPSA) is 195 Å². The summed E-state index contributed by atoms with van der Waals surface area (Å²) in [7, 11) is -9.59. The lowest BCUT2D eigenvalue weighted by Gasteiger charge is -1.60. The third-order valence-corrected chi connectivity index (χ3v) is 1.20. The molecule has 0 aliphatic heterocycles. The van der Waals surface area contributed by atoms with Gasteiger partial charge in [-0.15, -0.1) is 0 Å². The van der Waals surface area contributed by atoms with Crippen molar-refractivity contribution in [2.45, 2.75) is 0 Å². The lowest BCUT2D eigenvalue weighted by Crippen LogP contribution is -1.41. The molecule has 0 saturated heterocycles. The van der Waals surface area contributed by atoms with Crippen LogP contribution in [-0.2, 0) is 31.7 Å². The summed E-state index contributed by atoms with van der Waals surface area (Å²) in [4.78, 5) is 7.01. The van der Waals surface area contributed by atoms with Crippen LogP contribution < -0.4 is 0 Å². The van der Waals surface area contributed by atoms with Gasteiger partial charge in [0, 0.05) is 0 Å². The normalized spacial score (nSPS) is 6.23. The van der Waals surface area contributed by atoms with E-state index < -0.39 is 23.7 Å². The van der Waals surface area contributed by atoms with Gasteiger partial charge in [-0.3, -0.25) is 4.89 Å². The fraction of sp³-hybridized carbons (Fsp3) is 0. The Labute approximate surface area is 72.2 Å². The van der Waals surface area contributed by atoms with Gasteiger partial charge in [0.05, 0.1) is 0 Å². The van der Waals surface area contributed by atoms with Gasteiger partial charge in [0.2, 0.25) is 0 Å². The Morgan fingerprint density at radius 1 is 0.769 bits per heavy atom. The molecule has 5 N–H and O–H groups in total. The van der Waals surface area contributed by atoms with Crippen LogP contribution in [0.2, 0.25) is 0 Å². The molecule has 10 nitrogen and oxygen atoms in total. The molecule has 0 atom stereocenters. The molecular formula is H5O10P3. The lowest BCUT2D eigenvalue weighted by atomic mass is 15.8. The van der Waals surface area contributed by atoms with Crippen molar-refractivity contribution < 1.29 is 47.5 Å². The van der Waals surface area contributed by atoms with Gasteiger partial charge in [0.1, 0.15) is 0 Å². The van der Waals surface area contributed by atoms with Crippen molar-refractivity contribution in [3.8, 4) is 0 Å². The highest BCUT2D eigenvalue weighted by molar-refractivity contribution is 7.39. The second-order valence-corrected chi connectivity index (χ2v) is 2.79. The monoisotopic (exact) mass is 258 g/mol. The molecule has 0 aromatic rings. The van der Waals surface area contributed by atoms with Crippen molar-refractivity contribution in [3.05, 3.63) is 0 Å². The van der Waals surface area contributed by atoms with Crippen LogP contribution in [0.1, 0.15) is 0 Å². The Balaban J connectivity index is -0.0000000600. The van der Waals surface area contributed by atoms with Gasteiger partial charge >= 0.3 is 23.7 Å². The zero-order valence-electron chi connectivity index (χ0n) is 5.65. The maximum absolute atomic E-state index is 9.24. The Morgan fingerprint density at radius 3 is 0.923 bits per heavy atom. The van der Waals surface area contributed by atoms with Crippen LogP contribution >= 0.6 is 23.7 Å². The molecule has 0 spiro atoms. The van der Waals surface area contributed by atoms with Crippen molar-refractivity contribution in [2.75, 3.05) is 0 Å². The van der Waals surface area contributed by atoms with Crippen molar-refractivity contribution in [1.82, 2.24) is 0 Å². The molecular weight excluding hydrogens is 253 g/mol. The maximum Gasteiger partial charge on any atom is 0.481 e. The lowest BCUT2D eigenvalue weighted by molar-refractivity contribution is 0.409. The van der Waals surface area contributed by atoms with E-state index in [-0.39, 0.29) is 11.0 Å². The molecule has 0 aromatic heterocycles. The largest absolute Gasteiger partial charge is 0.481 e. The van der Waals surface area contributed by atoms with Crippen LogP contribution in [0.25, 0.3) is 0 Å². The minimum atomic E-state index is -3.24. The van der Waals surface area contributed by atoms with Gasteiger partial charge in [-0.25, -0.2) is 27.4 Å². The second kappa shape index (κ2) is 14.1. The predicted octanol–water partition coefficient (Wildman–Crippen LogP) is -0.404. The number of rotatable bonds is 2. The third kappa shape index (κ3) is 83.8. The van der Waals surface area contributed by atoms with Crippen LogP contribution in [0, 0.1) is 0 Å². The highest BCUT2D eigenvalue weighted by Gasteiger charge is 1.92. The molecule has 0 radical (unpaired) electrons. The Hall–Kier alpha value is -0.460. The molecule has 0 saturated carbocycles. The van der Waals surface area contributed by atoms with E-state index in [1.54, 1.807) is 0 Å². The van der Waals surface area contributed by atoms with Crippen molar-refractivity contribution >= 4 is 23.7 Å². The van der Waals surface area contributed by atoms with Gasteiger partial charge in [-0.1, -0.05) is 0 Å². The molecule has 0 heterocycles. The summed E-state index contributed by atoms with van der Waals surface area (Å²) in [5.74, 6) is 0. The van der Waals surface area contributed by atoms with E-state index in [9.17, 15) is 18.3 Å². The van der Waals surface area contributed by atoms with E-state index in [1.165, 1.54) is 0 Å². The van der Waals surface area contributed by atoms with Crippen LogP contribution in [-0.4, -0.2) is 15.8 Å². The molecule has 80 valence electrons. The highest BCUT2D eigenvalue weighted by atomic mass is 31.2. The number of hydrogen-bond acceptors (Lipinski definition) is 7. The van der Waals surface area contributed by atoms with E-state index >= 15 is 0 Å². The minimum absolute atomic E-state index is 0. The molecule has 13 heavy (non-hydrogen) atoms. The zero-order chi connectivity index (χ0) is 9.44. The highest BCUT2D eigenvalue weighted by Crippen LogP contribution is 2.19. The first-order valence-electron chi connectivity index (χ1n) is 1.66. The van der Waals surface area contributed by atoms with Crippen LogP contribution in [0.15, 0.2) is 0 Å². The van der Waals surface area contributed by atoms with Crippen LogP contribution in [0.4, 0.5) is 0 Å². The summed E-state index contributed by atoms with van der Waals surface area (Å²) in [6, 6.07) is 0. The first kappa shape index (κ1) is 22.9. The summed E-state index contributed by atoms with van der Waals surface area (Å²) in [5.41, 5.74) is 0.